The number of halogens is 2. The lowest BCUT2D eigenvalue weighted by molar-refractivity contribution is 0.0906. The van der Waals surface area contributed by atoms with E-state index >= 15 is 0 Å². The lowest BCUT2D eigenvalue weighted by atomic mass is 10.1. The minimum absolute atomic E-state index is 0.0872. The first kappa shape index (κ1) is 19.9. The van der Waals surface area contributed by atoms with Crippen LogP contribution in [0.2, 0.25) is 0 Å². The highest BCUT2D eigenvalue weighted by Crippen LogP contribution is 2.45. The number of alkyl halides is 2. The number of aromatic nitrogens is 1. The van der Waals surface area contributed by atoms with Gasteiger partial charge in [0.1, 0.15) is 29.8 Å². The lowest BCUT2D eigenvalue weighted by Crippen LogP contribution is -2.29. The van der Waals surface area contributed by atoms with E-state index in [2.05, 4.69) is 11.6 Å². The number of fused-ring (bicyclic) bond motifs is 1. The number of nitriles is 1. The van der Waals surface area contributed by atoms with Crippen LogP contribution in [0.1, 0.15) is 29.7 Å². The zero-order valence-electron chi connectivity index (χ0n) is 14.8. The molecule has 1 heterocycles. The zero-order valence-corrected chi connectivity index (χ0v) is 15.6. The van der Waals surface area contributed by atoms with Crippen LogP contribution >= 0.6 is 0 Å². The van der Waals surface area contributed by atoms with Gasteiger partial charge in [0.2, 0.25) is 14.8 Å². The summed E-state index contributed by atoms with van der Waals surface area (Å²) < 4.78 is 59.8. The van der Waals surface area contributed by atoms with Crippen molar-refractivity contribution in [1.82, 2.24) is 4.98 Å². The number of sulfone groups is 1. The summed E-state index contributed by atoms with van der Waals surface area (Å²) in [5, 5.41) is 16.3. The molecular weight excluding hydrogens is 390 g/mol. The van der Waals surface area contributed by atoms with Crippen molar-refractivity contribution in [3.8, 4) is 17.6 Å². The van der Waals surface area contributed by atoms with E-state index in [0.717, 1.165) is 13.0 Å². The van der Waals surface area contributed by atoms with Crippen molar-refractivity contribution in [3.05, 3.63) is 59.9 Å². The lowest BCUT2D eigenvalue weighted by Gasteiger charge is -2.21. The summed E-state index contributed by atoms with van der Waals surface area (Å²) in [6, 6.07) is 5.62. The zero-order chi connectivity index (χ0) is 20.7. The van der Waals surface area contributed by atoms with E-state index in [4.69, 9.17) is 10.00 Å². The van der Waals surface area contributed by atoms with E-state index in [1.54, 1.807) is 0 Å². The summed E-state index contributed by atoms with van der Waals surface area (Å²) in [5.74, 6) is 0.263. The van der Waals surface area contributed by atoms with Crippen LogP contribution in [0.4, 0.5) is 8.78 Å². The fourth-order valence-corrected chi connectivity index (χ4v) is 4.39. The summed E-state index contributed by atoms with van der Waals surface area (Å²) >= 11 is 0. The highest BCUT2D eigenvalue weighted by atomic mass is 32.2. The van der Waals surface area contributed by atoms with Gasteiger partial charge in [-0.3, -0.25) is 4.98 Å². The smallest absolute Gasteiger partial charge is 0.230 e. The van der Waals surface area contributed by atoms with Gasteiger partial charge < -0.3 is 9.84 Å². The number of nitrogens with zero attached hydrogens (tertiary/aromatic N) is 2. The first-order valence-electron chi connectivity index (χ1n) is 8.20. The van der Waals surface area contributed by atoms with Gasteiger partial charge in [0, 0.05) is 29.8 Å². The summed E-state index contributed by atoms with van der Waals surface area (Å²) in [7, 11) is -4.59. The van der Waals surface area contributed by atoms with Crippen LogP contribution in [0, 0.1) is 11.3 Å². The van der Waals surface area contributed by atoms with Crippen LogP contribution in [0.5, 0.6) is 11.5 Å². The Kier molecular flexibility index (Phi) is 4.95. The van der Waals surface area contributed by atoms with Crippen LogP contribution in [0.3, 0.4) is 0 Å². The molecule has 1 unspecified atom stereocenters. The number of rotatable bonds is 5. The predicted octanol–water partition coefficient (Wildman–Crippen LogP) is 3.32. The SMILES string of the molecule is C=CC(C)(F)S(=O)(=O)c1ccc(Oc2cncc(C#N)c2)c2c1[C@H](O)[C@H](F)C2. The van der Waals surface area contributed by atoms with Gasteiger partial charge in [-0.1, -0.05) is 6.58 Å². The quantitative estimate of drug-likeness (QED) is 0.765. The van der Waals surface area contributed by atoms with Crippen molar-refractivity contribution in [2.24, 2.45) is 0 Å². The Balaban J connectivity index is 2.15. The van der Waals surface area contributed by atoms with Crippen LogP contribution in [-0.2, 0) is 16.3 Å². The molecule has 0 fully saturated rings. The number of hydrogen-bond acceptors (Lipinski definition) is 6. The molecule has 1 N–H and O–H groups in total. The molecule has 2 aromatic rings. The second-order valence-corrected chi connectivity index (χ2v) is 8.68. The fraction of sp³-hybridized carbons (Fsp3) is 0.263. The molecule has 0 bridgehead atoms. The van der Waals surface area contributed by atoms with Crippen LogP contribution < -0.4 is 4.74 Å². The van der Waals surface area contributed by atoms with Gasteiger partial charge in [-0.15, -0.1) is 0 Å². The molecule has 1 aliphatic rings. The Hall–Kier alpha value is -2.83. The molecule has 0 saturated heterocycles. The second-order valence-electron chi connectivity index (χ2n) is 6.44. The van der Waals surface area contributed by atoms with E-state index in [0.29, 0.717) is 6.08 Å². The van der Waals surface area contributed by atoms with Crippen molar-refractivity contribution in [1.29, 1.82) is 5.26 Å². The molecular formula is C19H16F2N2O4S. The van der Waals surface area contributed by atoms with Gasteiger partial charge in [-0.05, 0) is 25.1 Å². The highest BCUT2D eigenvalue weighted by molar-refractivity contribution is 7.92. The molecule has 0 aliphatic heterocycles. The number of ether oxygens (including phenoxy) is 1. The van der Waals surface area contributed by atoms with Gasteiger partial charge in [-0.25, -0.2) is 17.2 Å². The maximum Gasteiger partial charge on any atom is 0.230 e. The van der Waals surface area contributed by atoms with Crippen molar-refractivity contribution >= 4 is 9.84 Å². The largest absolute Gasteiger partial charge is 0.455 e. The molecule has 0 amide bonds. The van der Waals surface area contributed by atoms with Crippen molar-refractivity contribution in [2.75, 3.05) is 0 Å². The maximum atomic E-state index is 14.6. The summed E-state index contributed by atoms with van der Waals surface area (Å²) in [6.45, 7) is 4.01. The summed E-state index contributed by atoms with van der Waals surface area (Å²) in [6.07, 6.45) is -0.540. The van der Waals surface area contributed by atoms with E-state index in [1.165, 1.54) is 24.5 Å². The van der Waals surface area contributed by atoms with E-state index in [-0.39, 0.29) is 34.6 Å². The number of aliphatic hydroxyl groups is 1. The third-order valence-electron chi connectivity index (χ3n) is 4.56. The van der Waals surface area contributed by atoms with E-state index in [1.807, 2.05) is 6.07 Å². The topological polar surface area (TPSA) is 100 Å². The highest BCUT2D eigenvalue weighted by Gasteiger charge is 2.44. The Morgan fingerprint density at radius 3 is 2.82 bits per heavy atom. The first-order chi connectivity index (χ1) is 13.1. The average molecular weight is 406 g/mol. The molecule has 28 heavy (non-hydrogen) atoms. The molecule has 3 rings (SSSR count). The third-order valence-corrected chi connectivity index (χ3v) is 6.71. The monoisotopic (exact) mass is 406 g/mol. The van der Waals surface area contributed by atoms with Gasteiger partial charge >= 0.3 is 0 Å². The van der Waals surface area contributed by atoms with Crippen molar-refractivity contribution in [3.63, 3.8) is 0 Å². The Morgan fingerprint density at radius 2 is 2.18 bits per heavy atom. The summed E-state index contributed by atoms with van der Waals surface area (Å²) in [5.41, 5.74) is 0.111. The maximum absolute atomic E-state index is 14.6. The Labute approximate surface area is 160 Å². The third kappa shape index (κ3) is 3.15. The molecule has 1 aromatic carbocycles. The number of pyridine rings is 1. The molecule has 146 valence electrons. The molecule has 1 aromatic heterocycles. The van der Waals surface area contributed by atoms with Gasteiger partial charge in [0.25, 0.3) is 0 Å². The van der Waals surface area contributed by atoms with E-state index < -0.39 is 32.0 Å². The molecule has 9 heteroatoms. The Morgan fingerprint density at radius 1 is 1.46 bits per heavy atom. The molecule has 0 radical (unpaired) electrons. The van der Waals surface area contributed by atoms with Gasteiger partial charge in [0.05, 0.1) is 16.7 Å². The first-order valence-corrected chi connectivity index (χ1v) is 9.68. The number of benzene rings is 1. The van der Waals surface area contributed by atoms with Gasteiger partial charge in [0.15, 0.2) is 0 Å². The second kappa shape index (κ2) is 6.96. The Bertz CT molecular complexity index is 1090. The minimum Gasteiger partial charge on any atom is -0.455 e. The molecule has 1 aliphatic carbocycles. The number of hydrogen-bond donors (Lipinski definition) is 1. The molecule has 3 atom stereocenters. The van der Waals surface area contributed by atoms with Crippen LogP contribution in [0.15, 0.2) is 48.1 Å². The van der Waals surface area contributed by atoms with Crippen LogP contribution in [0.25, 0.3) is 0 Å². The van der Waals surface area contributed by atoms with Gasteiger partial charge in [-0.2, -0.15) is 5.26 Å². The predicted molar refractivity (Wildman–Crippen MR) is 95.9 cm³/mol. The normalized spacial score (nSPS) is 20.7. The molecule has 6 nitrogen and oxygen atoms in total. The number of aliphatic hydroxyl groups excluding tert-OH is 1. The summed E-state index contributed by atoms with van der Waals surface area (Å²) in [4.78, 5) is 3.33. The molecule has 0 spiro atoms. The van der Waals surface area contributed by atoms with Crippen molar-refractivity contribution < 1.29 is 27.0 Å². The van der Waals surface area contributed by atoms with Crippen LogP contribution in [-0.4, -0.2) is 29.7 Å². The fourth-order valence-electron chi connectivity index (χ4n) is 2.96. The standard InChI is InChI=1S/C19H16F2N2O4S/c1-3-19(2,21)28(25,26)16-5-4-15(13-7-14(20)18(24)17(13)16)27-12-6-11(8-22)9-23-10-12/h3-6,9-10,14,18,24H,1,7H2,2H3/t14-,18-,19?/m1/s1. The molecule has 0 saturated carbocycles. The van der Waals surface area contributed by atoms with Crippen molar-refractivity contribution in [2.45, 2.75) is 35.5 Å². The average Bonchev–Trinajstić information content (AvgIpc) is 2.97. The minimum atomic E-state index is -4.59. The van der Waals surface area contributed by atoms with E-state index in [9.17, 15) is 22.3 Å².